The zero-order valence-corrected chi connectivity index (χ0v) is 14.2. The van der Waals surface area contributed by atoms with Crippen LogP contribution in [0.25, 0.3) is 5.69 Å². The smallest absolute Gasteiger partial charge is 0.271 e. The molecule has 1 aromatic heterocycles. The Morgan fingerprint density at radius 3 is 2.26 bits per heavy atom. The summed E-state index contributed by atoms with van der Waals surface area (Å²) in [6, 6.07) is 9.75. The van der Waals surface area contributed by atoms with E-state index in [9.17, 15) is 14.9 Å². The summed E-state index contributed by atoms with van der Waals surface area (Å²) >= 11 is 0. The van der Waals surface area contributed by atoms with Crippen molar-refractivity contribution in [2.24, 2.45) is 5.41 Å². The lowest BCUT2D eigenvalue weighted by Crippen LogP contribution is -2.40. The fourth-order valence-electron chi connectivity index (χ4n) is 2.33. The number of pyridine rings is 1. The molecule has 5 heteroatoms. The monoisotopic (exact) mass is 314 g/mol. The molecule has 0 spiro atoms. The zero-order valence-electron chi connectivity index (χ0n) is 14.2. The Labute approximate surface area is 135 Å². The maximum absolute atomic E-state index is 12.9. The van der Waals surface area contributed by atoms with Gasteiger partial charge in [-0.05, 0) is 23.0 Å². The van der Waals surface area contributed by atoms with Crippen LogP contribution in [0.15, 0.2) is 47.4 Å². The topological polar surface area (TPSA) is 65.1 Å². The quantitative estimate of drug-likeness (QED) is 0.633. The summed E-state index contributed by atoms with van der Waals surface area (Å²) in [5.41, 5.74) is 0.569. The molecule has 0 unspecified atom stereocenters. The van der Waals surface area contributed by atoms with Gasteiger partial charge in [0.2, 0.25) is 0 Å². The van der Waals surface area contributed by atoms with Crippen LogP contribution in [0.3, 0.4) is 0 Å². The minimum absolute atomic E-state index is 0.0325. The molecule has 2 rings (SSSR count). The van der Waals surface area contributed by atoms with Gasteiger partial charge in [-0.25, -0.2) is 0 Å². The minimum Gasteiger partial charge on any atom is -0.284 e. The van der Waals surface area contributed by atoms with E-state index in [1.54, 1.807) is 18.3 Å². The normalized spacial score (nSPS) is 12.2. The number of rotatable bonds is 3. The van der Waals surface area contributed by atoms with Gasteiger partial charge in [-0.2, -0.15) is 0 Å². The Hall–Kier alpha value is -2.43. The second kappa shape index (κ2) is 5.65. The predicted octanol–water partition coefficient (Wildman–Crippen LogP) is 4.07. The highest BCUT2D eigenvalue weighted by molar-refractivity contribution is 5.44. The van der Waals surface area contributed by atoms with Gasteiger partial charge in [-0.1, -0.05) is 46.8 Å². The van der Waals surface area contributed by atoms with E-state index in [1.807, 2.05) is 26.0 Å². The lowest BCUT2D eigenvalue weighted by Gasteiger charge is -2.38. The highest BCUT2D eigenvalue weighted by Gasteiger charge is 2.36. The summed E-state index contributed by atoms with van der Waals surface area (Å²) in [4.78, 5) is 23.4. The van der Waals surface area contributed by atoms with Crippen molar-refractivity contribution in [3.63, 3.8) is 0 Å². The van der Waals surface area contributed by atoms with Crippen molar-refractivity contribution in [2.45, 2.75) is 40.0 Å². The lowest BCUT2D eigenvalue weighted by atomic mass is 9.65. The summed E-state index contributed by atoms with van der Waals surface area (Å²) in [7, 11) is 0. The molecule has 5 nitrogen and oxygen atoms in total. The van der Waals surface area contributed by atoms with Crippen LogP contribution in [-0.2, 0) is 5.41 Å². The van der Waals surface area contributed by atoms with Gasteiger partial charge in [0, 0.05) is 23.9 Å². The van der Waals surface area contributed by atoms with Crippen LogP contribution in [0.4, 0.5) is 5.69 Å². The Morgan fingerprint density at radius 2 is 1.70 bits per heavy atom. The third kappa shape index (κ3) is 3.04. The Bertz CT molecular complexity index is 798. The summed E-state index contributed by atoms with van der Waals surface area (Å²) in [5.74, 6) is 0. The van der Waals surface area contributed by atoms with Crippen LogP contribution in [0, 0.1) is 15.5 Å². The first-order chi connectivity index (χ1) is 10.6. The number of non-ortho nitro benzene ring substituents is 1. The second-order valence-corrected chi connectivity index (χ2v) is 7.25. The molecule has 0 amide bonds. The molecule has 0 radical (unpaired) electrons. The average Bonchev–Trinajstić information content (AvgIpc) is 2.46. The van der Waals surface area contributed by atoms with E-state index in [4.69, 9.17) is 0 Å². The highest BCUT2D eigenvalue weighted by atomic mass is 16.6. The molecule has 1 aromatic carbocycles. The number of hydrogen-bond acceptors (Lipinski definition) is 3. The van der Waals surface area contributed by atoms with Gasteiger partial charge in [-0.3, -0.25) is 19.5 Å². The highest BCUT2D eigenvalue weighted by Crippen LogP contribution is 2.39. The van der Waals surface area contributed by atoms with Crippen molar-refractivity contribution in [3.05, 3.63) is 68.6 Å². The maximum Gasteiger partial charge on any atom is 0.271 e. The molecule has 2 aromatic rings. The Kier molecular flexibility index (Phi) is 4.16. The first-order valence-electron chi connectivity index (χ1n) is 7.53. The van der Waals surface area contributed by atoms with E-state index < -0.39 is 4.92 Å². The van der Waals surface area contributed by atoms with Crippen molar-refractivity contribution in [1.29, 1.82) is 0 Å². The minimum atomic E-state index is -0.461. The van der Waals surface area contributed by atoms with Crippen LogP contribution in [-0.4, -0.2) is 9.49 Å². The zero-order chi connectivity index (χ0) is 17.4. The van der Waals surface area contributed by atoms with Gasteiger partial charge in [0.1, 0.15) is 0 Å². The molecular formula is C18H22N2O3. The fourth-order valence-corrected chi connectivity index (χ4v) is 2.33. The van der Waals surface area contributed by atoms with E-state index in [1.165, 1.54) is 16.7 Å². The number of nitro groups is 1. The van der Waals surface area contributed by atoms with E-state index in [2.05, 4.69) is 20.8 Å². The molecule has 0 aliphatic rings. The van der Waals surface area contributed by atoms with E-state index in [0.29, 0.717) is 11.3 Å². The molecule has 0 saturated carbocycles. The lowest BCUT2D eigenvalue weighted by molar-refractivity contribution is -0.384. The second-order valence-electron chi connectivity index (χ2n) is 7.25. The van der Waals surface area contributed by atoms with Crippen LogP contribution >= 0.6 is 0 Å². The van der Waals surface area contributed by atoms with Gasteiger partial charge in [0.25, 0.3) is 11.2 Å². The van der Waals surface area contributed by atoms with E-state index in [-0.39, 0.29) is 22.1 Å². The molecule has 0 N–H and O–H groups in total. The van der Waals surface area contributed by atoms with Crippen LogP contribution < -0.4 is 5.56 Å². The first kappa shape index (κ1) is 16.9. The summed E-state index contributed by atoms with van der Waals surface area (Å²) in [6.45, 7) is 10.4. The van der Waals surface area contributed by atoms with Gasteiger partial charge < -0.3 is 0 Å². The summed E-state index contributed by atoms with van der Waals surface area (Å²) < 4.78 is 1.47. The average molecular weight is 314 g/mol. The number of nitro benzene ring substituents is 1. The van der Waals surface area contributed by atoms with Crippen LogP contribution in [0.1, 0.15) is 40.2 Å². The Morgan fingerprint density at radius 1 is 1.04 bits per heavy atom. The molecule has 122 valence electrons. The molecule has 0 saturated heterocycles. The van der Waals surface area contributed by atoms with E-state index >= 15 is 0 Å². The molecule has 0 atom stereocenters. The Balaban J connectivity index is 2.65. The van der Waals surface area contributed by atoms with Crippen LogP contribution in [0.2, 0.25) is 0 Å². The maximum atomic E-state index is 12.9. The summed E-state index contributed by atoms with van der Waals surface area (Å²) in [6.07, 6.45) is 1.64. The number of aromatic nitrogens is 1. The van der Waals surface area contributed by atoms with Gasteiger partial charge in [0.15, 0.2) is 0 Å². The number of nitrogens with zero attached hydrogens (tertiary/aromatic N) is 2. The SMILES string of the molecule is CC(C)(C)C(C)(C)c1cccn(-c2cccc([N+](=O)[O-])c2)c1=O. The van der Waals surface area contributed by atoms with Crippen molar-refractivity contribution < 1.29 is 4.92 Å². The molecule has 0 bridgehead atoms. The first-order valence-corrected chi connectivity index (χ1v) is 7.53. The van der Waals surface area contributed by atoms with Gasteiger partial charge in [0.05, 0.1) is 10.6 Å². The van der Waals surface area contributed by atoms with Gasteiger partial charge in [-0.15, -0.1) is 0 Å². The summed E-state index contributed by atoms with van der Waals surface area (Å²) in [5, 5.41) is 10.9. The number of hydrogen-bond donors (Lipinski definition) is 0. The van der Waals surface area contributed by atoms with Crippen molar-refractivity contribution in [1.82, 2.24) is 4.57 Å². The third-order valence-corrected chi connectivity index (χ3v) is 4.81. The fraction of sp³-hybridized carbons (Fsp3) is 0.389. The third-order valence-electron chi connectivity index (χ3n) is 4.81. The molecule has 0 aliphatic carbocycles. The number of benzene rings is 1. The predicted molar refractivity (Wildman–Crippen MR) is 91.2 cm³/mol. The van der Waals surface area contributed by atoms with Crippen molar-refractivity contribution in [2.75, 3.05) is 0 Å². The standard InChI is InChI=1S/C18H22N2O3/c1-17(2,3)18(4,5)15-10-7-11-19(16(15)21)13-8-6-9-14(12-13)20(22)23/h6-12H,1-5H3. The largest absolute Gasteiger partial charge is 0.284 e. The molecule has 23 heavy (non-hydrogen) atoms. The molecule has 1 heterocycles. The van der Waals surface area contributed by atoms with E-state index in [0.717, 1.165) is 0 Å². The van der Waals surface area contributed by atoms with Crippen LogP contribution in [0.5, 0.6) is 0 Å². The molecular weight excluding hydrogens is 292 g/mol. The van der Waals surface area contributed by atoms with Crippen molar-refractivity contribution in [3.8, 4) is 5.69 Å². The molecule has 0 aliphatic heterocycles. The molecule has 0 fully saturated rings. The van der Waals surface area contributed by atoms with Gasteiger partial charge >= 0.3 is 0 Å². The van der Waals surface area contributed by atoms with Crippen molar-refractivity contribution >= 4 is 5.69 Å².